The highest BCUT2D eigenvalue weighted by molar-refractivity contribution is 5.78. The molecule has 0 aliphatic carbocycles. The molecule has 0 amide bonds. The molecule has 8 heteroatoms. The van der Waals surface area contributed by atoms with Crippen molar-refractivity contribution < 1.29 is 14.3 Å². The number of hydrogen-bond acceptors (Lipinski definition) is 8. The molecule has 1 unspecified atom stereocenters. The maximum atomic E-state index is 11.7. The number of rotatable bonds is 7. The fraction of sp³-hybridized carbons (Fsp3) is 0.667. The standard InChI is InChI=1S/C12H21N5O3/c1-6-13-10-15-11(17-12(16-10)20-5)14-8(7(2)3)9(18)19-4/h7-8H,6H2,1-5H3,(H2,13,14,15,16,17). The largest absolute Gasteiger partial charge is 0.467 e. The molecule has 1 rings (SSSR count). The van der Waals surface area contributed by atoms with Gasteiger partial charge >= 0.3 is 12.0 Å². The second-order valence-corrected chi connectivity index (χ2v) is 4.39. The number of nitrogens with one attached hydrogen (secondary N) is 2. The molecule has 0 saturated heterocycles. The fourth-order valence-corrected chi connectivity index (χ4v) is 1.51. The van der Waals surface area contributed by atoms with Gasteiger partial charge in [0, 0.05) is 6.54 Å². The number of methoxy groups -OCH3 is 2. The van der Waals surface area contributed by atoms with Gasteiger partial charge in [0.25, 0.3) is 0 Å². The van der Waals surface area contributed by atoms with Gasteiger partial charge < -0.3 is 20.1 Å². The van der Waals surface area contributed by atoms with E-state index in [4.69, 9.17) is 9.47 Å². The first kappa shape index (κ1) is 15.9. The highest BCUT2D eigenvalue weighted by atomic mass is 16.5. The van der Waals surface area contributed by atoms with Crippen molar-refractivity contribution in [3.05, 3.63) is 0 Å². The first-order chi connectivity index (χ1) is 9.51. The first-order valence-corrected chi connectivity index (χ1v) is 6.40. The van der Waals surface area contributed by atoms with Crippen LogP contribution < -0.4 is 15.4 Å². The van der Waals surface area contributed by atoms with Crippen molar-refractivity contribution in [2.45, 2.75) is 26.8 Å². The summed E-state index contributed by atoms with van der Waals surface area (Å²) in [6.07, 6.45) is 0. The van der Waals surface area contributed by atoms with Crippen molar-refractivity contribution in [1.29, 1.82) is 0 Å². The Morgan fingerprint density at radius 1 is 1.20 bits per heavy atom. The van der Waals surface area contributed by atoms with Crippen LogP contribution in [0.5, 0.6) is 6.01 Å². The van der Waals surface area contributed by atoms with Crippen molar-refractivity contribution in [3.8, 4) is 6.01 Å². The van der Waals surface area contributed by atoms with E-state index in [0.717, 1.165) is 0 Å². The molecule has 0 aliphatic heterocycles. The van der Waals surface area contributed by atoms with Crippen molar-refractivity contribution in [3.63, 3.8) is 0 Å². The topological polar surface area (TPSA) is 98.3 Å². The van der Waals surface area contributed by atoms with Gasteiger partial charge in [-0.05, 0) is 12.8 Å². The third kappa shape index (κ3) is 4.22. The summed E-state index contributed by atoms with van der Waals surface area (Å²) in [6, 6.07) is -0.368. The molecule has 0 fully saturated rings. The molecule has 8 nitrogen and oxygen atoms in total. The predicted molar refractivity (Wildman–Crippen MR) is 74.8 cm³/mol. The Hall–Kier alpha value is -2.12. The quantitative estimate of drug-likeness (QED) is 0.713. The summed E-state index contributed by atoms with van der Waals surface area (Å²) in [4.78, 5) is 24.0. The third-order valence-corrected chi connectivity index (χ3v) is 2.54. The molecule has 1 heterocycles. The van der Waals surface area contributed by atoms with Crippen molar-refractivity contribution >= 4 is 17.9 Å². The Labute approximate surface area is 118 Å². The van der Waals surface area contributed by atoms with Gasteiger partial charge in [-0.15, -0.1) is 0 Å². The number of anilines is 2. The molecule has 0 aromatic carbocycles. The van der Waals surface area contributed by atoms with Gasteiger partial charge in [0.15, 0.2) is 0 Å². The van der Waals surface area contributed by atoms with Gasteiger partial charge in [-0.1, -0.05) is 13.8 Å². The van der Waals surface area contributed by atoms with Crippen LogP contribution in [0.2, 0.25) is 0 Å². The van der Waals surface area contributed by atoms with Crippen LogP contribution in [0.25, 0.3) is 0 Å². The van der Waals surface area contributed by atoms with Crippen LogP contribution in [0, 0.1) is 5.92 Å². The second-order valence-electron chi connectivity index (χ2n) is 4.39. The smallest absolute Gasteiger partial charge is 0.328 e. The van der Waals surface area contributed by atoms with Gasteiger partial charge in [-0.3, -0.25) is 0 Å². The van der Waals surface area contributed by atoms with Crippen molar-refractivity contribution in [2.75, 3.05) is 31.4 Å². The zero-order valence-electron chi connectivity index (χ0n) is 12.4. The Morgan fingerprint density at radius 2 is 1.85 bits per heavy atom. The SMILES string of the molecule is CCNc1nc(NC(C(=O)OC)C(C)C)nc(OC)n1. The van der Waals surface area contributed by atoms with Gasteiger partial charge in [0.05, 0.1) is 14.2 Å². The van der Waals surface area contributed by atoms with Gasteiger partial charge in [-0.25, -0.2) is 4.79 Å². The number of carbonyl (C=O) groups is 1. The van der Waals surface area contributed by atoms with Crippen LogP contribution >= 0.6 is 0 Å². The highest BCUT2D eigenvalue weighted by Gasteiger charge is 2.24. The zero-order chi connectivity index (χ0) is 15.1. The molecule has 0 bridgehead atoms. The number of hydrogen-bond donors (Lipinski definition) is 2. The number of aromatic nitrogens is 3. The van der Waals surface area contributed by atoms with Crippen LogP contribution in [-0.2, 0) is 9.53 Å². The maximum absolute atomic E-state index is 11.7. The number of carbonyl (C=O) groups excluding carboxylic acids is 1. The normalized spacial score (nSPS) is 11.9. The number of esters is 1. The zero-order valence-corrected chi connectivity index (χ0v) is 12.4. The summed E-state index contributed by atoms with van der Waals surface area (Å²) in [5.41, 5.74) is 0. The fourth-order valence-electron chi connectivity index (χ4n) is 1.51. The Morgan fingerprint density at radius 3 is 2.35 bits per heavy atom. The lowest BCUT2D eigenvalue weighted by molar-refractivity contribution is -0.142. The van der Waals surface area contributed by atoms with E-state index in [0.29, 0.717) is 12.5 Å². The molecule has 0 saturated carbocycles. The lowest BCUT2D eigenvalue weighted by atomic mass is 10.1. The van der Waals surface area contributed by atoms with Crippen LogP contribution in [0.4, 0.5) is 11.9 Å². The Bertz CT molecular complexity index is 453. The van der Waals surface area contributed by atoms with E-state index in [9.17, 15) is 4.79 Å². The summed E-state index contributed by atoms with van der Waals surface area (Å²) >= 11 is 0. The minimum atomic E-state index is -0.540. The summed E-state index contributed by atoms with van der Waals surface area (Å²) in [6.45, 7) is 6.39. The Kier molecular flexibility index (Phi) is 5.95. The number of nitrogens with zero attached hydrogens (tertiary/aromatic N) is 3. The van der Waals surface area contributed by atoms with E-state index < -0.39 is 6.04 Å². The summed E-state index contributed by atoms with van der Waals surface area (Å²) < 4.78 is 9.77. The molecule has 20 heavy (non-hydrogen) atoms. The molecule has 0 radical (unpaired) electrons. The van der Waals surface area contributed by atoms with E-state index in [-0.39, 0.29) is 23.8 Å². The molecule has 2 N–H and O–H groups in total. The van der Waals surface area contributed by atoms with E-state index in [1.54, 1.807) is 0 Å². The molecular weight excluding hydrogens is 262 g/mol. The highest BCUT2D eigenvalue weighted by Crippen LogP contribution is 2.14. The molecule has 0 spiro atoms. The molecule has 0 aliphatic rings. The van der Waals surface area contributed by atoms with Crippen LogP contribution in [0.3, 0.4) is 0 Å². The van der Waals surface area contributed by atoms with Crippen molar-refractivity contribution in [1.82, 2.24) is 15.0 Å². The maximum Gasteiger partial charge on any atom is 0.328 e. The van der Waals surface area contributed by atoms with E-state index in [1.165, 1.54) is 14.2 Å². The lowest BCUT2D eigenvalue weighted by Gasteiger charge is -2.20. The molecule has 1 atom stereocenters. The minimum absolute atomic E-state index is 0.0211. The van der Waals surface area contributed by atoms with Gasteiger partial charge in [-0.2, -0.15) is 15.0 Å². The summed E-state index contributed by atoms with van der Waals surface area (Å²) in [5, 5.41) is 5.92. The Balaban J connectivity index is 2.99. The average Bonchev–Trinajstić information content (AvgIpc) is 2.43. The minimum Gasteiger partial charge on any atom is -0.467 e. The molecule has 1 aromatic heterocycles. The third-order valence-electron chi connectivity index (χ3n) is 2.54. The predicted octanol–water partition coefficient (Wildman–Crippen LogP) is 0.921. The molecule has 1 aromatic rings. The molecular formula is C12H21N5O3. The lowest BCUT2D eigenvalue weighted by Crippen LogP contribution is -2.36. The monoisotopic (exact) mass is 283 g/mol. The van der Waals surface area contributed by atoms with Gasteiger partial charge in [0.2, 0.25) is 11.9 Å². The van der Waals surface area contributed by atoms with Gasteiger partial charge in [0.1, 0.15) is 6.04 Å². The van der Waals surface area contributed by atoms with E-state index in [1.807, 2.05) is 20.8 Å². The summed E-state index contributed by atoms with van der Waals surface area (Å²) in [5.74, 6) is 0.295. The first-order valence-electron chi connectivity index (χ1n) is 6.40. The average molecular weight is 283 g/mol. The second kappa shape index (κ2) is 7.46. The molecule has 112 valence electrons. The van der Waals surface area contributed by atoms with Crippen LogP contribution in [0.15, 0.2) is 0 Å². The van der Waals surface area contributed by atoms with Crippen LogP contribution in [0.1, 0.15) is 20.8 Å². The van der Waals surface area contributed by atoms with E-state index in [2.05, 4.69) is 25.6 Å². The van der Waals surface area contributed by atoms with Crippen LogP contribution in [-0.4, -0.2) is 47.7 Å². The summed E-state index contributed by atoms with van der Waals surface area (Å²) in [7, 11) is 2.81. The van der Waals surface area contributed by atoms with E-state index >= 15 is 0 Å². The number of ether oxygens (including phenoxy) is 2. The van der Waals surface area contributed by atoms with Crippen molar-refractivity contribution in [2.24, 2.45) is 5.92 Å².